The first-order chi connectivity index (χ1) is 12.9. The van der Waals surface area contributed by atoms with E-state index in [0.29, 0.717) is 18.2 Å². The summed E-state index contributed by atoms with van der Waals surface area (Å²) in [4.78, 5) is 21.4. The Morgan fingerprint density at radius 2 is 1.74 bits per heavy atom. The molecule has 0 saturated carbocycles. The largest absolute Gasteiger partial charge is 0.347 e. The fourth-order valence-corrected chi connectivity index (χ4v) is 2.84. The van der Waals surface area contributed by atoms with Crippen LogP contribution in [0.2, 0.25) is 0 Å². The summed E-state index contributed by atoms with van der Waals surface area (Å²) < 4.78 is 0. The van der Waals surface area contributed by atoms with Crippen LogP contribution in [0.15, 0.2) is 48.5 Å². The lowest BCUT2D eigenvalue weighted by Crippen LogP contribution is -2.24. The van der Waals surface area contributed by atoms with E-state index >= 15 is 0 Å². The summed E-state index contributed by atoms with van der Waals surface area (Å²) in [6, 6.07) is 15.8. The molecule has 0 fully saturated rings. The highest BCUT2D eigenvalue weighted by atomic mass is 16.1. The molecule has 0 aliphatic heterocycles. The van der Waals surface area contributed by atoms with Crippen LogP contribution in [-0.2, 0) is 6.54 Å². The lowest BCUT2D eigenvalue weighted by molar-refractivity contribution is 0.0945. The Hall–Kier alpha value is -3.21. The Kier molecular flexibility index (Phi) is 5.50. The minimum Gasteiger partial charge on any atom is -0.347 e. The molecule has 2 N–H and O–H groups in total. The molecule has 27 heavy (non-hydrogen) atoms. The van der Waals surface area contributed by atoms with Gasteiger partial charge in [-0.15, -0.1) is 0 Å². The average molecular weight is 360 g/mol. The maximum atomic E-state index is 12.6. The molecular formula is C22H24N4O. The zero-order valence-corrected chi connectivity index (χ0v) is 16.1. The van der Waals surface area contributed by atoms with Crippen molar-refractivity contribution in [2.75, 3.05) is 5.32 Å². The van der Waals surface area contributed by atoms with Gasteiger partial charge >= 0.3 is 0 Å². The van der Waals surface area contributed by atoms with E-state index in [1.165, 1.54) is 11.1 Å². The lowest BCUT2D eigenvalue weighted by atomic mass is 10.1. The van der Waals surface area contributed by atoms with Crippen molar-refractivity contribution in [1.29, 1.82) is 0 Å². The summed E-state index contributed by atoms with van der Waals surface area (Å²) in [5.41, 5.74) is 6.56. The molecule has 1 heterocycles. The normalized spacial score (nSPS) is 10.5. The second-order valence-corrected chi connectivity index (χ2v) is 6.76. The first-order valence-corrected chi connectivity index (χ1v) is 8.95. The van der Waals surface area contributed by atoms with E-state index in [1.54, 1.807) is 6.07 Å². The molecule has 0 aliphatic rings. The van der Waals surface area contributed by atoms with Gasteiger partial charge in [0.2, 0.25) is 5.95 Å². The van der Waals surface area contributed by atoms with E-state index in [4.69, 9.17) is 0 Å². The zero-order chi connectivity index (χ0) is 19.4. The third kappa shape index (κ3) is 4.70. The maximum absolute atomic E-state index is 12.6. The standard InChI is InChI=1S/C22H24N4O/c1-14-7-5-9-18(11-14)13-23-21(27)20-12-16(3)24-22(26-20)25-19-10-6-8-15(2)17(19)4/h5-12H,13H2,1-4H3,(H,23,27)(H,24,25,26). The van der Waals surface area contributed by atoms with Crippen molar-refractivity contribution in [2.24, 2.45) is 0 Å². The van der Waals surface area contributed by atoms with Crippen LogP contribution in [0.3, 0.4) is 0 Å². The van der Waals surface area contributed by atoms with E-state index in [2.05, 4.69) is 39.7 Å². The maximum Gasteiger partial charge on any atom is 0.270 e. The molecule has 0 unspecified atom stereocenters. The Labute approximate surface area is 159 Å². The summed E-state index contributed by atoms with van der Waals surface area (Å²) in [7, 11) is 0. The molecule has 0 aliphatic carbocycles. The van der Waals surface area contributed by atoms with Crippen molar-refractivity contribution in [3.63, 3.8) is 0 Å². The molecular weight excluding hydrogens is 336 g/mol. The summed E-state index contributed by atoms with van der Waals surface area (Å²) >= 11 is 0. The average Bonchev–Trinajstić information content (AvgIpc) is 2.63. The van der Waals surface area contributed by atoms with Gasteiger partial charge in [0.05, 0.1) is 0 Å². The smallest absolute Gasteiger partial charge is 0.270 e. The highest BCUT2D eigenvalue weighted by molar-refractivity contribution is 5.92. The lowest BCUT2D eigenvalue weighted by Gasteiger charge is -2.12. The number of nitrogens with zero attached hydrogens (tertiary/aromatic N) is 2. The number of benzene rings is 2. The van der Waals surface area contributed by atoms with Crippen molar-refractivity contribution < 1.29 is 4.79 Å². The van der Waals surface area contributed by atoms with Crippen LogP contribution in [-0.4, -0.2) is 15.9 Å². The van der Waals surface area contributed by atoms with E-state index in [-0.39, 0.29) is 5.91 Å². The Morgan fingerprint density at radius 3 is 2.52 bits per heavy atom. The molecule has 0 spiro atoms. The molecule has 1 amide bonds. The van der Waals surface area contributed by atoms with Crippen molar-refractivity contribution in [3.05, 3.63) is 82.2 Å². The topological polar surface area (TPSA) is 66.9 Å². The Balaban J connectivity index is 1.76. The Bertz CT molecular complexity index is 982. The van der Waals surface area contributed by atoms with Gasteiger partial charge in [-0.25, -0.2) is 9.97 Å². The van der Waals surface area contributed by atoms with Gasteiger partial charge in [-0.1, -0.05) is 42.0 Å². The van der Waals surface area contributed by atoms with Gasteiger partial charge in [-0.05, 0) is 56.5 Å². The third-order valence-corrected chi connectivity index (χ3v) is 4.47. The van der Waals surface area contributed by atoms with Crippen LogP contribution in [0.1, 0.15) is 38.4 Å². The van der Waals surface area contributed by atoms with Gasteiger partial charge in [-0.3, -0.25) is 4.79 Å². The molecule has 5 nitrogen and oxygen atoms in total. The third-order valence-electron chi connectivity index (χ3n) is 4.47. The minimum atomic E-state index is -0.217. The van der Waals surface area contributed by atoms with Crippen LogP contribution in [0.4, 0.5) is 11.6 Å². The van der Waals surface area contributed by atoms with Crippen LogP contribution in [0, 0.1) is 27.7 Å². The second-order valence-electron chi connectivity index (χ2n) is 6.76. The molecule has 0 saturated heterocycles. The van der Waals surface area contributed by atoms with Crippen molar-refractivity contribution >= 4 is 17.5 Å². The fraction of sp³-hybridized carbons (Fsp3) is 0.227. The van der Waals surface area contributed by atoms with Gasteiger partial charge in [0.1, 0.15) is 5.69 Å². The van der Waals surface area contributed by atoms with E-state index < -0.39 is 0 Å². The van der Waals surface area contributed by atoms with E-state index in [0.717, 1.165) is 22.5 Å². The summed E-state index contributed by atoms with van der Waals surface area (Å²) in [6.45, 7) is 8.45. The minimum absolute atomic E-state index is 0.217. The number of hydrogen-bond donors (Lipinski definition) is 2. The van der Waals surface area contributed by atoms with Crippen LogP contribution in [0.5, 0.6) is 0 Å². The number of amides is 1. The summed E-state index contributed by atoms with van der Waals surface area (Å²) in [5.74, 6) is 0.204. The number of carbonyl (C=O) groups is 1. The van der Waals surface area contributed by atoms with Crippen LogP contribution >= 0.6 is 0 Å². The molecule has 0 atom stereocenters. The van der Waals surface area contributed by atoms with Gasteiger partial charge in [-0.2, -0.15) is 0 Å². The molecule has 2 aromatic carbocycles. The summed E-state index contributed by atoms with van der Waals surface area (Å²) in [5, 5.41) is 6.15. The van der Waals surface area contributed by atoms with Crippen molar-refractivity contribution in [2.45, 2.75) is 34.2 Å². The van der Waals surface area contributed by atoms with Gasteiger partial charge < -0.3 is 10.6 Å². The van der Waals surface area contributed by atoms with Crippen molar-refractivity contribution in [1.82, 2.24) is 15.3 Å². The zero-order valence-electron chi connectivity index (χ0n) is 16.1. The first-order valence-electron chi connectivity index (χ1n) is 8.95. The predicted molar refractivity (Wildman–Crippen MR) is 108 cm³/mol. The highest BCUT2D eigenvalue weighted by Crippen LogP contribution is 2.21. The molecule has 1 aromatic heterocycles. The van der Waals surface area contributed by atoms with Gasteiger partial charge in [0.25, 0.3) is 5.91 Å². The second kappa shape index (κ2) is 7.99. The number of rotatable bonds is 5. The number of aromatic nitrogens is 2. The van der Waals surface area contributed by atoms with Crippen molar-refractivity contribution in [3.8, 4) is 0 Å². The quantitative estimate of drug-likeness (QED) is 0.708. The fourth-order valence-electron chi connectivity index (χ4n) is 2.84. The number of aryl methyl sites for hydroxylation is 3. The number of nitrogens with one attached hydrogen (secondary N) is 2. The first kappa shape index (κ1) is 18.6. The highest BCUT2D eigenvalue weighted by Gasteiger charge is 2.11. The molecule has 5 heteroatoms. The predicted octanol–water partition coefficient (Wildman–Crippen LogP) is 4.38. The van der Waals surface area contributed by atoms with Gasteiger partial charge in [0.15, 0.2) is 0 Å². The molecule has 0 radical (unpaired) electrons. The molecule has 3 rings (SSSR count). The molecule has 138 valence electrons. The molecule has 0 bridgehead atoms. The Morgan fingerprint density at radius 1 is 0.963 bits per heavy atom. The van der Waals surface area contributed by atoms with E-state index in [1.807, 2.05) is 51.1 Å². The van der Waals surface area contributed by atoms with Crippen LogP contribution < -0.4 is 10.6 Å². The number of carbonyl (C=O) groups excluding carboxylic acids is 1. The van der Waals surface area contributed by atoms with E-state index in [9.17, 15) is 4.79 Å². The number of hydrogen-bond acceptors (Lipinski definition) is 4. The number of anilines is 2. The monoisotopic (exact) mass is 360 g/mol. The summed E-state index contributed by atoms with van der Waals surface area (Å²) in [6.07, 6.45) is 0. The van der Waals surface area contributed by atoms with Gasteiger partial charge in [0, 0.05) is 17.9 Å². The molecule has 3 aromatic rings. The SMILES string of the molecule is Cc1cccc(CNC(=O)c2cc(C)nc(Nc3cccc(C)c3C)n2)c1. The van der Waals surface area contributed by atoms with Crippen LogP contribution in [0.25, 0.3) is 0 Å².